The summed E-state index contributed by atoms with van der Waals surface area (Å²) in [5, 5.41) is 8.94. The van der Waals surface area contributed by atoms with E-state index in [2.05, 4.69) is 12.6 Å². The molecule has 48 valence electrons. The van der Waals surface area contributed by atoms with Crippen LogP contribution in [0.1, 0.15) is 0 Å². The van der Waals surface area contributed by atoms with E-state index in [1.807, 2.05) is 0 Å². The fraction of sp³-hybridized carbons (Fsp3) is 0. The van der Waals surface area contributed by atoms with Crippen LogP contribution in [0, 0.1) is 0 Å². The highest BCUT2D eigenvalue weighted by Crippen LogP contribution is 2.25. The van der Waals surface area contributed by atoms with Crippen LogP contribution in [0.25, 0.3) is 0 Å². The molecule has 0 aromatic heterocycles. The molecular formula is C6H7NOS. The monoisotopic (exact) mass is 141 g/mol. The quantitative estimate of drug-likeness (QED) is 0.376. The number of hydrogen-bond acceptors (Lipinski definition) is 3. The lowest BCUT2D eigenvalue weighted by Gasteiger charge is -1.98. The molecule has 1 rings (SSSR count). The minimum Gasteiger partial charge on any atom is -0.507 e. The first kappa shape index (κ1) is 6.29. The number of rotatable bonds is 0. The SMILES string of the molecule is Nc1cccc(O)c1S. The van der Waals surface area contributed by atoms with Crippen molar-refractivity contribution < 1.29 is 5.11 Å². The zero-order valence-corrected chi connectivity index (χ0v) is 5.60. The first-order chi connectivity index (χ1) is 4.22. The van der Waals surface area contributed by atoms with Crippen molar-refractivity contribution in [3.8, 4) is 5.75 Å². The van der Waals surface area contributed by atoms with Crippen LogP contribution in [0.5, 0.6) is 5.75 Å². The third-order valence-electron chi connectivity index (χ3n) is 1.05. The first-order valence-corrected chi connectivity index (χ1v) is 2.93. The summed E-state index contributed by atoms with van der Waals surface area (Å²) < 4.78 is 0. The highest BCUT2D eigenvalue weighted by Gasteiger charge is 1.96. The maximum atomic E-state index is 8.94. The van der Waals surface area contributed by atoms with Crippen molar-refractivity contribution in [3.63, 3.8) is 0 Å². The second-order valence-corrected chi connectivity index (χ2v) is 2.16. The summed E-state index contributed by atoms with van der Waals surface area (Å²) in [6.45, 7) is 0. The smallest absolute Gasteiger partial charge is 0.130 e. The number of phenols is 1. The predicted molar refractivity (Wildman–Crippen MR) is 39.8 cm³/mol. The summed E-state index contributed by atoms with van der Waals surface area (Å²) in [5.74, 6) is 0.123. The predicted octanol–water partition coefficient (Wildman–Crippen LogP) is 1.26. The molecule has 0 unspecified atom stereocenters. The number of nitrogens with two attached hydrogens (primary N) is 1. The van der Waals surface area contributed by atoms with Gasteiger partial charge in [0.1, 0.15) is 5.75 Å². The second kappa shape index (κ2) is 2.19. The van der Waals surface area contributed by atoms with Crippen molar-refractivity contribution in [2.45, 2.75) is 4.90 Å². The molecule has 0 saturated heterocycles. The number of anilines is 1. The van der Waals surface area contributed by atoms with Crippen LogP contribution in [-0.4, -0.2) is 5.11 Å². The average Bonchev–Trinajstić information content (AvgIpc) is 1.83. The Hall–Kier alpha value is -0.830. The average molecular weight is 141 g/mol. The number of thiol groups is 1. The van der Waals surface area contributed by atoms with Gasteiger partial charge in [-0.1, -0.05) is 6.07 Å². The number of benzene rings is 1. The zero-order chi connectivity index (χ0) is 6.85. The van der Waals surface area contributed by atoms with Gasteiger partial charge >= 0.3 is 0 Å². The Labute approximate surface area is 58.7 Å². The maximum absolute atomic E-state index is 8.94. The molecule has 0 spiro atoms. The largest absolute Gasteiger partial charge is 0.507 e. The van der Waals surface area contributed by atoms with E-state index in [0.29, 0.717) is 10.6 Å². The Morgan fingerprint density at radius 3 is 2.56 bits per heavy atom. The van der Waals surface area contributed by atoms with Crippen LogP contribution in [0.2, 0.25) is 0 Å². The Balaban J connectivity index is 3.25. The Morgan fingerprint density at radius 2 is 2.11 bits per heavy atom. The van der Waals surface area contributed by atoms with E-state index in [1.54, 1.807) is 18.2 Å². The summed E-state index contributed by atoms with van der Waals surface area (Å²) >= 11 is 3.94. The lowest BCUT2D eigenvalue weighted by atomic mass is 10.3. The van der Waals surface area contributed by atoms with Gasteiger partial charge in [0.2, 0.25) is 0 Å². The summed E-state index contributed by atoms with van der Waals surface area (Å²) in [5.41, 5.74) is 5.88. The lowest BCUT2D eigenvalue weighted by molar-refractivity contribution is 0.463. The van der Waals surface area contributed by atoms with Crippen molar-refractivity contribution in [1.29, 1.82) is 0 Å². The molecule has 0 saturated carbocycles. The normalized spacial score (nSPS) is 9.44. The molecule has 0 fully saturated rings. The topological polar surface area (TPSA) is 46.2 Å². The van der Waals surface area contributed by atoms with Crippen molar-refractivity contribution >= 4 is 18.3 Å². The second-order valence-electron chi connectivity index (χ2n) is 1.71. The van der Waals surface area contributed by atoms with Crippen molar-refractivity contribution in [3.05, 3.63) is 18.2 Å². The molecule has 0 amide bonds. The molecule has 3 heteroatoms. The maximum Gasteiger partial charge on any atom is 0.130 e. The van der Waals surface area contributed by atoms with Gasteiger partial charge in [0, 0.05) is 5.69 Å². The molecule has 0 atom stereocenters. The van der Waals surface area contributed by atoms with Crippen molar-refractivity contribution in [1.82, 2.24) is 0 Å². The Kier molecular flexibility index (Phi) is 1.53. The van der Waals surface area contributed by atoms with Crippen LogP contribution in [0.4, 0.5) is 5.69 Å². The molecule has 0 aliphatic rings. The minimum absolute atomic E-state index is 0.123. The minimum atomic E-state index is 0.123. The van der Waals surface area contributed by atoms with Gasteiger partial charge < -0.3 is 10.8 Å². The molecule has 1 aromatic carbocycles. The van der Waals surface area contributed by atoms with Crippen LogP contribution in [0.3, 0.4) is 0 Å². The van der Waals surface area contributed by atoms with E-state index in [-0.39, 0.29) is 5.75 Å². The molecule has 0 radical (unpaired) electrons. The van der Waals surface area contributed by atoms with Gasteiger partial charge in [0.05, 0.1) is 4.90 Å². The molecule has 0 aliphatic heterocycles. The molecule has 1 aromatic rings. The number of nitrogen functional groups attached to an aromatic ring is 1. The van der Waals surface area contributed by atoms with E-state index >= 15 is 0 Å². The van der Waals surface area contributed by atoms with Gasteiger partial charge in [0.25, 0.3) is 0 Å². The molecule has 2 nitrogen and oxygen atoms in total. The van der Waals surface area contributed by atoms with E-state index in [0.717, 1.165) is 0 Å². The highest BCUT2D eigenvalue weighted by molar-refractivity contribution is 7.80. The zero-order valence-electron chi connectivity index (χ0n) is 4.70. The third kappa shape index (κ3) is 1.10. The molecule has 0 bridgehead atoms. The van der Waals surface area contributed by atoms with Crippen LogP contribution >= 0.6 is 12.6 Å². The van der Waals surface area contributed by atoms with Crippen LogP contribution < -0.4 is 5.73 Å². The highest BCUT2D eigenvalue weighted by atomic mass is 32.1. The van der Waals surface area contributed by atoms with Gasteiger partial charge in [-0.2, -0.15) is 0 Å². The van der Waals surface area contributed by atoms with Crippen molar-refractivity contribution in [2.75, 3.05) is 5.73 Å². The third-order valence-corrected chi connectivity index (χ3v) is 1.53. The Morgan fingerprint density at radius 1 is 1.44 bits per heavy atom. The molecule has 0 aliphatic carbocycles. The molecule has 0 heterocycles. The molecule has 3 N–H and O–H groups in total. The van der Waals surface area contributed by atoms with Gasteiger partial charge in [-0.3, -0.25) is 0 Å². The lowest BCUT2D eigenvalue weighted by Crippen LogP contribution is -1.84. The van der Waals surface area contributed by atoms with Gasteiger partial charge in [-0.05, 0) is 12.1 Å². The van der Waals surface area contributed by atoms with E-state index < -0.39 is 0 Å². The summed E-state index contributed by atoms with van der Waals surface area (Å²) in [6.07, 6.45) is 0. The van der Waals surface area contributed by atoms with E-state index in [1.165, 1.54) is 0 Å². The summed E-state index contributed by atoms with van der Waals surface area (Å²) in [6, 6.07) is 4.89. The fourth-order valence-corrected chi connectivity index (χ4v) is 0.698. The number of phenolic OH excluding ortho intramolecular Hbond substituents is 1. The number of hydrogen-bond donors (Lipinski definition) is 3. The summed E-state index contributed by atoms with van der Waals surface area (Å²) in [4.78, 5) is 0.442. The Bertz CT molecular complexity index is 204. The molecule has 9 heavy (non-hydrogen) atoms. The van der Waals surface area contributed by atoms with Crippen molar-refractivity contribution in [2.24, 2.45) is 0 Å². The van der Waals surface area contributed by atoms with E-state index in [4.69, 9.17) is 10.8 Å². The fourth-order valence-electron chi connectivity index (χ4n) is 0.549. The van der Waals surface area contributed by atoms with Crippen LogP contribution in [0.15, 0.2) is 23.1 Å². The van der Waals surface area contributed by atoms with Gasteiger partial charge in [-0.25, -0.2) is 0 Å². The first-order valence-electron chi connectivity index (χ1n) is 2.48. The summed E-state index contributed by atoms with van der Waals surface area (Å²) in [7, 11) is 0. The van der Waals surface area contributed by atoms with Gasteiger partial charge in [0.15, 0.2) is 0 Å². The number of aromatic hydroxyl groups is 1. The van der Waals surface area contributed by atoms with Gasteiger partial charge in [-0.15, -0.1) is 12.6 Å². The molecular weight excluding hydrogens is 134 g/mol. The van der Waals surface area contributed by atoms with E-state index in [9.17, 15) is 0 Å². The standard InChI is InChI=1S/C6H7NOS/c7-4-2-1-3-5(8)6(4)9/h1-3,8-9H,7H2. The van der Waals surface area contributed by atoms with Crippen LogP contribution in [-0.2, 0) is 0 Å².